The molecular formula is C14H14F9O3P. The number of benzene rings is 1. The Balaban J connectivity index is 3.17. The summed E-state index contributed by atoms with van der Waals surface area (Å²) in [6.45, 7) is 2.37. The molecule has 0 bridgehead atoms. The van der Waals surface area contributed by atoms with Gasteiger partial charge in [-0.25, -0.2) is 0 Å². The van der Waals surface area contributed by atoms with Gasteiger partial charge in [0.1, 0.15) is 0 Å². The minimum Gasteiger partial charge on any atom is -0.309 e. The fourth-order valence-corrected chi connectivity index (χ4v) is 2.98. The van der Waals surface area contributed by atoms with E-state index in [1.54, 1.807) is 0 Å². The van der Waals surface area contributed by atoms with Crippen LogP contribution in [0.1, 0.15) is 25.5 Å². The van der Waals surface area contributed by atoms with Crippen LogP contribution in [0, 0.1) is 0 Å². The molecular weight excluding hydrogens is 418 g/mol. The summed E-state index contributed by atoms with van der Waals surface area (Å²) >= 11 is 0. The molecule has 0 amide bonds. The SMILES string of the molecule is CC(C)OP(OC(c1ccccc1)C(F)(F)F)OC(C(F)(F)F)C(F)(F)F. The summed E-state index contributed by atoms with van der Waals surface area (Å²) < 4.78 is 128. The Morgan fingerprint density at radius 3 is 1.56 bits per heavy atom. The third-order valence-corrected chi connectivity index (χ3v) is 4.03. The molecule has 0 heterocycles. The maximum Gasteiger partial charge on any atom is 0.424 e. The van der Waals surface area contributed by atoms with Crippen LogP contribution in [0.2, 0.25) is 0 Å². The first-order chi connectivity index (χ1) is 12.1. The zero-order valence-corrected chi connectivity index (χ0v) is 14.6. The molecule has 2 atom stereocenters. The van der Waals surface area contributed by atoms with Crippen LogP contribution in [0.5, 0.6) is 0 Å². The molecule has 156 valence electrons. The number of halogens is 9. The maximum atomic E-state index is 13.2. The lowest BCUT2D eigenvalue weighted by Gasteiger charge is -2.30. The standard InChI is InChI=1S/C14H14F9O3P/c1-8(2)24-27(26-11(13(18,19)20)14(21,22)23)25-10(12(15,16)17)9-6-4-3-5-7-9/h3-8,10-11H,1-2H3. The van der Waals surface area contributed by atoms with Crippen molar-refractivity contribution in [1.29, 1.82) is 0 Å². The summed E-state index contributed by atoms with van der Waals surface area (Å²) in [5.74, 6) is 0. The first kappa shape index (κ1) is 23.9. The molecule has 0 spiro atoms. The van der Waals surface area contributed by atoms with Gasteiger partial charge in [-0.15, -0.1) is 0 Å². The molecule has 0 aliphatic rings. The Bertz CT molecular complexity index is 558. The van der Waals surface area contributed by atoms with Crippen LogP contribution in [0.3, 0.4) is 0 Å². The number of hydrogen-bond donors (Lipinski definition) is 0. The van der Waals surface area contributed by atoms with E-state index >= 15 is 0 Å². The predicted molar refractivity (Wildman–Crippen MR) is 76.4 cm³/mol. The van der Waals surface area contributed by atoms with E-state index in [1.165, 1.54) is 32.0 Å². The molecule has 0 saturated carbocycles. The Morgan fingerprint density at radius 2 is 1.19 bits per heavy atom. The van der Waals surface area contributed by atoms with Gasteiger partial charge in [-0.1, -0.05) is 30.3 Å². The zero-order valence-electron chi connectivity index (χ0n) is 13.7. The summed E-state index contributed by atoms with van der Waals surface area (Å²) in [5, 5.41) is 0. The number of alkyl halides is 9. The fourth-order valence-electron chi connectivity index (χ4n) is 1.66. The average molecular weight is 432 g/mol. The van der Waals surface area contributed by atoms with Gasteiger partial charge in [-0.2, -0.15) is 39.5 Å². The van der Waals surface area contributed by atoms with Crippen molar-refractivity contribution >= 4 is 8.60 Å². The lowest BCUT2D eigenvalue weighted by Crippen LogP contribution is -2.43. The molecule has 0 aliphatic heterocycles. The van der Waals surface area contributed by atoms with Gasteiger partial charge >= 0.3 is 27.1 Å². The minimum absolute atomic E-state index is 0.538. The summed E-state index contributed by atoms with van der Waals surface area (Å²) in [6, 6.07) is 5.65. The lowest BCUT2D eigenvalue weighted by molar-refractivity contribution is -0.303. The van der Waals surface area contributed by atoms with Crippen molar-refractivity contribution in [3.8, 4) is 0 Å². The second kappa shape index (κ2) is 8.93. The van der Waals surface area contributed by atoms with Crippen LogP contribution in [0.25, 0.3) is 0 Å². The largest absolute Gasteiger partial charge is 0.424 e. The van der Waals surface area contributed by atoms with Crippen molar-refractivity contribution in [3.63, 3.8) is 0 Å². The molecule has 27 heavy (non-hydrogen) atoms. The van der Waals surface area contributed by atoms with Crippen LogP contribution in [0.15, 0.2) is 30.3 Å². The normalized spacial score (nSPS) is 16.0. The number of hydrogen-bond acceptors (Lipinski definition) is 3. The second-order valence-corrected chi connectivity index (χ2v) is 6.46. The van der Waals surface area contributed by atoms with Crippen LogP contribution >= 0.6 is 8.60 Å². The van der Waals surface area contributed by atoms with Gasteiger partial charge in [0.2, 0.25) is 0 Å². The molecule has 1 aromatic carbocycles. The first-order valence-electron chi connectivity index (χ1n) is 7.18. The molecule has 0 radical (unpaired) electrons. The topological polar surface area (TPSA) is 27.7 Å². The Labute approximate surface area is 149 Å². The van der Waals surface area contributed by atoms with E-state index in [-0.39, 0.29) is 0 Å². The van der Waals surface area contributed by atoms with Crippen molar-refractivity contribution < 1.29 is 53.1 Å². The van der Waals surface area contributed by atoms with Gasteiger partial charge in [0.15, 0.2) is 6.10 Å². The maximum absolute atomic E-state index is 13.2. The van der Waals surface area contributed by atoms with E-state index in [9.17, 15) is 39.5 Å². The van der Waals surface area contributed by atoms with Crippen molar-refractivity contribution in [2.75, 3.05) is 0 Å². The third kappa shape index (κ3) is 7.81. The highest BCUT2D eigenvalue weighted by molar-refractivity contribution is 7.41. The van der Waals surface area contributed by atoms with Gasteiger partial charge in [0.25, 0.3) is 6.10 Å². The predicted octanol–water partition coefficient (Wildman–Crippen LogP) is 6.47. The summed E-state index contributed by atoms with van der Waals surface area (Å²) in [7, 11) is -3.66. The quantitative estimate of drug-likeness (QED) is 0.365. The Hall–Kier alpha value is -1.10. The van der Waals surface area contributed by atoms with Crippen LogP contribution in [-0.2, 0) is 13.6 Å². The minimum atomic E-state index is -5.93. The average Bonchev–Trinajstić information content (AvgIpc) is 2.46. The fraction of sp³-hybridized carbons (Fsp3) is 0.571. The first-order valence-corrected chi connectivity index (χ1v) is 8.27. The lowest BCUT2D eigenvalue weighted by atomic mass is 10.1. The number of rotatable bonds is 7. The molecule has 1 rings (SSSR count). The highest BCUT2D eigenvalue weighted by atomic mass is 31.2. The van der Waals surface area contributed by atoms with Crippen molar-refractivity contribution in [3.05, 3.63) is 35.9 Å². The molecule has 0 fully saturated rings. The van der Waals surface area contributed by atoms with Crippen LogP contribution < -0.4 is 0 Å². The molecule has 0 aliphatic carbocycles. The third-order valence-electron chi connectivity index (χ3n) is 2.67. The second-order valence-electron chi connectivity index (χ2n) is 5.38. The highest BCUT2D eigenvalue weighted by Crippen LogP contribution is 2.54. The zero-order chi connectivity index (χ0) is 21.0. The molecule has 0 aromatic heterocycles. The van der Waals surface area contributed by atoms with Gasteiger partial charge in [0.05, 0.1) is 6.10 Å². The molecule has 13 heteroatoms. The van der Waals surface area contributed by atoms with Crippen molar-refractivity contribution in [2.24, 2.45) is 0 Å². The monoisotopic (exact) mass is 432 g/mol. The van der Waals surface area contributed by atoms with Gasteiger partial charge in [-0.05, 0) is 19.4 Å². The van der Waals surface area contributed by atoms with Crippen LogP contribution in [0.4, 0.5) is 39.5 Å². The van der Waals surface area contributed by atoms with Crippen molar-refractivity contribution in [1.82, 2.24) is 0 Å². The van der Waals surface area contributed by atoms with E-state index in [0.29, 0.717) is 0 Å². The Morgan fingerprint density at radius 1 is 0.704 bits per heavy atom. The molecule has 0 saturated heterocycles. The molecule has 0 N–H and O–H groups in total. The van der Waals surface area contributed by atoms with E-state index in [2.05, 4.69) is 13.6 Å². The van der Waals surface area contributed by atoms with Gasteiger partial charge in [0, 0.05) is 0 Å². The Kier molecular flexibility index (Phi) is 7.92. The van der Waals surface area contributed by atoms with E-state index < -0.39 is 51.0 Å². The van der Waals surface area contributed by atoms with Gasteiger partial charge < -0.3 is 4.52 Å². The molecule has 3 nitrogen and oxygen atoms in total. The van der Waals surface area contributed by atoms with Gasteiger partial charge in [-0.3, -0.25) is 9.05 Å². The van der Waals surface area contributed by atoms with E-state index in [1.807, 2.05) is 0 Å². The molecule has 2 unspecified atom stereocenters. The summed E-state index contributed by atoms with van der Waals surface area (Å²) in [5.41, 5.74) is -0.538. The van der Waals surface area contributed by atoms with E-state index in [0.717, 1.165) is 12.1 Å². The molecule has 1 aromatic rings. The summed E-state index contributed by atoms with van der Waals surface area (Å²) in [4.78, 5) is 0. The highest BCUT2D eigenvalue weighted by Gasteiger charge is 2.60. The van der Waals surface area contributed by atoms with E-state index in [4.69, 9.17) is 0 Å². The van der Waals surface area contributed by atoms with Crippen molar-refractivity contribution in [2.45, 2.75) is 50.7 Å². The van der Waals surface area contributed by atoms with Crippen LogP contribution in [-0.4, -0.2) is 30.7 Å². The smallest absolute Gasteiger partial charge is 0.309 e. The summed E-state index contributed by atoms with van der Waals surface area (Å²) in [6.07, 6.45) is -25.3.